The molecule has 2 aliphatic rings. The number of fused-ring (bicyclic) bond motifs is 2. The molecular formula is C22H25NO4S. The van der Waals surface area contributed by atoms with Gasteiger partial charge in [-0.05, 0) is 39.3 Å². The third-order valence-corrected chi connectivity index (χ3v) is 8.65. The molecule has 1 fully saturated rings. The lowest BCUT2D eigenvalue weighted by molar-refractivity contribution is -0.130. The maximum absolute atomic E-state index is 13.5. The summed E-state index contributed by atoms with van der Waals surface area (Å²) in [5.41, 5.74) is 1.65. The van der Waals surface area contributed by atoms with Gasteiger partial charge in [0.15, 0.2) is 9.84 Å². The lowest BCUT2D eigenvalue weighted by Gasteiger charge is -2.30. The molecule has 2 aliphatic heterocycles. The zero-order chi connectivity index (χ0) is 20.1. The highest BCUT2D eigenvalue weighted by Gasteiger charge is 2.44. The van der Waals surface area contributed by atoms with Gasteiger partial charge in [0.25, 0.3) is 0 Å². The number of ether oxygens (including phenoxy) is 1. The molecule has 2 aromatic carbocycles. The highest BCUT2D eigenvalue weighted by Crippen LogP contribution is 2.45. The summed E-state index contributed by atoms with van der Waals surface area (Å²) < 4.78 is 30.8. The number of hydrogen-bond donors (Lipinski definition) is 0. The van der Waals surface area contributed by atoms with E-state index in [2.05, 4.69) is 0 Å². The molecule has 0 bridgehead atoms. The largest absolute Gasteiger partial charge is 0.457 e. The second-order valence-corrected chi connectivity index (χ2v) is 11.4. The third-order valence-electron chi connectivity index (χ3n) is 5.68. The molecule has 0 saturated carbocycles. The SMILES string of the molecule is CC(C)(C)S(=O)(=O)[C@@H]1CCN(C(=O)C2c3ccccc3Oc3ccccc32)C1. The van der Waals surface area contributed by atoms with Crippen LogP contribution in [0.25, 0.3) is 0 Å². The maximum Gasteiger partial charge on any atom is 0.234 e. The topological polar surface area (TPSA) is 63.7 Å². The first-order valence-corrected chi connectivity index (χ1v) is 11.1. The fourth-order valence-electron chi connectivity index (χ4n) is 4.04. The van der Waals surface area contributed by atoms with E-state index >= 15 is 0 Å². The summed E-state index contributed by atoms with van der Waals surface area (Å²) in [7, 11) is -3.31. The van der Waals surface area contributed by atoms with Crippen LogP contribution in [-0.4, -0.2) is 42.3 Å². The van der Waals surface area contributed by atoms with Crippen molar-refractivity contribution >= 4 is 15.7 Å². The van der Waals surface area contributed by atoms with E-state index in [1.54, 1.807) is 25.7 Å². The first kappa shape index (κ1) is 19.0. The first-order chi connectivity index (χ1) is 13.2. The van der Waals surface area contributed by atoms with Crippen molar-refractivity contribution in [2.45, 2.75) is 43.1 Å². The molecule has 1 saturated heterocycles. The number of sulfone groups is 1. The predicted octanol–water partition coefficient (Wildman–Crippen LogP) is 3.74. The van der Waals surface area contributed by atoms with Crippen LogP contribution in [0.3, 0.4) is 0 Å². The van der Waals surface area contributed by atoms with E-state index in [1.165, 1.54) is 0 Å². The van der Waals surface area contributed by atoms with E-state index in [4.69, 9.17) is 4.74 Å². The van der Waals surface area contributed by atoms with Crippen molar-refractivity contribution in [1.29, 1.82) is 0 Å². The number of hydrogen-bond acceptors (Lipinski definition) is 4. The van der Waals surface area contributed by atoms with Crippen molar-refractivity contribution in [3.05, 3.63) is 59.7 Å². The van der Waals surface area contributed by atoms with E-state index in [9.17, 15) is 13.2 Å². The Morgan fingerprint density at radius 3 is 2.07 bits per heavy atom. The number of carbonyl (C=O) groups excluding carboxylic acids is 1. The van der Waals surface area contributed by atoms with Crippen molar-refractivity contribution < 1.29 is 17.9 Å². The highest BCUT2D eigenvalue weighted by molar-refractivity contribution is 7.93. The zero-order valence-corrected chi connectivity index (χ0v) is 17.2. The van der Waals surface area contributed by atoms with Gasteiger partial charge < -0.3 is 9.64 Å². The molecule has 5 nitrogen and oxygen atoms in total. The van der Waals surface area contributed by atoms with Crippen LogP contribution in [0.2, 0.25) is 0 Å². The number of benzene rings is 2. The maximum atomic E-state index is 13.5. The molecule has 1 atom stereocenters. The Kier molecular flexibility index (Phi) is 4.49. The molecule has 148 valence electrons. The van der Waals surface area contributed by atoms with Crippen molar-refractivity contribution in [3.63, 3.8) is 0 Å². The smallest absolute Gasteiger partial charge is 0.234 e. The average molecular weight is 400 g/mol. The fourth-order valence-corrected chi connectivity index (χ4v) is 5.83. The number of para-hydroxylation sites is 2. The minimum atomic E-state index is -3.31. The molecule has 1 amide bonds. The summed E-state index contributed by atoms with van der Waals surface area (Å²) in [4.78, 5) is 15.2. The van der Waals surface area contributed by atoms with E-state index in [0.29, 0.717) is 24.5 Å². The molecule has 0 aliphatic carbocycles. The minimum absolute atomic E-state index is 0.0604. The van der Waals surface area contributed by atoms with Gasteiger partial charge in [-0.25, -0.2) is 8.42 Å². The summed E-state index contributed by atoms with van der Waals surface area (Å²) in [5, 5.41) is -0.512. The summed E-state index contributed by atoms with van der Waals surface area (Å²) in [6.45, 7) is 5.87. The number of nitrogens with zero attached hydrogens (tertiary/aromatic N) is 1. The van der Waals surface area contributed by atoms with Crippen molar-refractivity contribution in [2.75, 3.05) is 13.1 Å². The molecular weight excluding hydrogens is 374 g/mol. The molecule has 4 rings (SSSR count). The van der Waals surface area contributed by atoms with E-state index < -0.39 is 25.8 Å². The van der Waals surface area contributed by atoms with Crippen LogP contribution in [-0.2, 0) is 14.6 Å². The van der Waals surface area contributed by atoms with Crippen LogP contribution in [0.1, 0.15) is 44.2 Å². The van der Waals surface area contributed by atoms with Crippen LogP contribution in [0.5, 0.6) is 11.5 Å². The summed E-state index contributed by atoms with van der Waals surface area (Å²) in [5.74, 6) is 0.822. The van der Waals surface area contributed by atoms with Crippen LogP contribution >= 0.6 is 0 Å². The van der Waals surface area contributed by atoms with Gasteiger partial charge in [-0.2, -0.15) is 0 Å². The van der Waals surface area contributed by atoms with E-state index in [-0.39, 0.29) is 12.5 Å². The van der Waals surface area contributed by atoms with Gasteiger partial charge in [0, 0.05) is 24.2 Å². The summed E-state index contributed by atoms with van der Waals surface area (Å²) in [6.07, 6.45) is 0.484. The lowest BCUT2D eigenvalue weighted by Crippen LogP contribution is -2.41. The zero-order valence-electron chi connectivity index (χ0n) is 16.4. The third kappa shape index (κ3) is 3.00. The van der Waals surface area contributed by atoms with Crippen molar-refractivity contribution in [1.82, 2.24) is 4.90 Å². The van der Waals surface area contributed by atoms with Crippen LogP contribution < -0.4 is 4.74 Å². The Bertz CT molecular complexity index is 977. The van der Waals surface area contributed by atoms with Crippen molar-refractivity contribution in [2.24, 2.45) is 0 Å². The standard InChI is InChI=1S/C22H25NO4S/c1-22(2,3)28(25,26)15-12-13-23(14-15)21(24)20-16-8-4-6-10-18(16)27-19-11-7-5-9-17(19)20/h4-11,15,20H,12-14H2,1-3H3/t15-/m1/s1. The Morgan fingerprint density at radius 1 is 1.00 bits per heavy atom. The molecule has 6 heteroatoms. The highest BCUT2D eigenvalue weighted by atomic mass is 32.2. The van der Waals surface area contributed by atoms with Crippen LogP contribution in [0.15, 0.2) is 48.5 Å². The molecule has 28 heavy (non-hydrogen) atoms. The fraction of sp³-hybridized carbons (Fsp3) is 0.409. The normalized spacial score (nSPS) is 19.7. The van der Waals surface area contributed by atoms with Gasteiger partial charge in [-0.3, -0.25) is 4.79 Å². The molecule has 0 unspecified atom stereocenters. The monoisotopic (exact) mass is 399 g/mol. The summed E-state index contributed by atoms with van der Waals surface area (Å²) >= 11 is 0. The Labute approximate surface area is 166 Å². The predicted molar refractivity (Wildman–Crippen MR) is 108 cm³/mol. The minimum Gasteiger partial charge on any atom is -0.457 e. The van der Waals surface area contributed by atoms with Gasteiger partial charge in [-0.15, -0.1) is 0 Å². The van der Waals surface area contributed by atoms with Gasteiger partial charge in [0.2, 0.25) is 5.91 Å². The van der Waals surface area contributed by atoms with Gasteiger partial charge in [0.05, 0.1) is 15.9 Å². The molecule has 2 heterocycles. The number of amides is 1. The molecule has 0 spiro atoms. The lowest BCUT2D eigenvalue weighted by atomic mass is 9.87. The van der Waals surface area contributed by atoms with Crippen LogP contribution in [0.4, 0.5) is 0 Å². The van der Waals surface area contributed by atoms with Gasteiger partial charge >= 0.3 is 0 Å². The Hall–Kier alpha value is -2.34. The van der Waals surface area contributed by atoms with Crippen LogP contribution in [0, 0.1) is 0 Å². The molecule has 0 N–H and O–H groups in total. The molecule has 2 aromatic rings. The molecule has 0 radical (unpaired) electrons. The quantitative estimate of drug-likeness (QED) is 0.772. The number of rotatable bonds is 2. The van der Waals surface area contributed by atoms with Gasteiger partial charge in [-0.1, -0.05) is 36.4 Å². The summed E-state index contributed by atoms with van der Waals surface area (Å²) in [6, 6.07) is 15.1. The van der Waals surface area contributed by atoms with E-state index in [1.807, 2.05) is 48.5 Å². The Morgan fingerprint density at radius 2 is 1.54 bits per heavy atom. The van der Waals surface area contributed by atoms with E-state index in [0.717, 1.165) is 11.1 Å². The molecule has 0 aromatic heterocycles. The Balaban J connectivity index is 1.67. The average Bonchev–Trinajstić information content (AvgIpc) is 3.15. The number of likely N-dealkylation sites (tertiary alicyclic amines) is 1. The second-order valence-electron chi connectivity index (χ2n) is 8.46. The van der Waals surface area contributed by atoms with Gasteiger partial charge in [0.1, 0.15) is 11.5 Å². The number of carbonyl (C=O) groups is 1. The van der Waals surface area contributed by atoms with Crippen molar-refractivity contribution in [3.8, 4) is 11.5 Å². The second kappa shape index (κ2) is 6.62. The first-order valence-electron chi connectivity index (χ1n) is 9.58.